The lowest BCUT2D eigenvalue weighted by Crippen LogP contribution is -2.19. The fraction of sp³-hybridized carbons (Fsp3) is 0.0476. The van der Waals surface area contributed by atoms with Crippen molar-refractivity contribution in [3.63, 3.8) is 0 Å². The minimum atomic E-state index is -0.564. The summed E-state index contributed by atoms with van der Waals surface area (Å²) < 4.78 is 20.1. The lowest BCUT2D eigenvalue weighted by atomic mass is 10.2. The molecule has 3 aromatic carbocycles. The first kappa shape index (κ1) is 21.0. The number of carbonyl (C=O) groups is 1. The van der Waals surface area contributed by atoms with Gasteiger partial charge in [0.1, 0.15) is 5.82 Å². The number of halogens is 2. The maximum atomic E-state index is 13.7. The molecule has 3 N–H and O–H groups in total. The minimum absolute atomic E-state index is 0.00785. The summed E-state index contributed by atoms with van der Waals surface area (Å²) in [6, 6.07) is 18.5. The number of hydrogen-bond donors (Lipinski definition) is 3. The van der Waals surface area contributed by atoms with E-state index in [9.17, 15) is 9.18 Å². The Morgan fingerprint density at radius 2 is 1.59 bits per heavy atom. The zero-order valence-corrected chi connectivity index (χ0v) is 18.3. The molecule has 0 aliphatic rings. The Kier molecular flexibility index (Phi) is 6.99. The molecule has 0 saturated carbocycles. The van der Waals surface area contributed by atoms with Gasteiger partial charge in [-0.25, -0.2) is 4.39 Å². The van der Waals surface area contributed by atoms with Crippen LogP contribution in [0.3, 0.4) is 0 Å². The largest absolute Gasteiger partial charge is 0.493 e. The topological polar surface area (TPSA) is 62.4 Å². The smallest absolute Gasteiger partial charge is 0.258 e. The van der Waals surface area contributed by atoms with Gasteiger partial charge in [-0.3, -0.25) is 4.79 Å². The normalized spacial score (nSPS) is 10.2. The quantitative estimate of drug-likeness (QED) is 0.306. The number of anilines is 3. The number of amides is 1. The van der Waals surface area contributed by atoms with Gasteiger partial charge in [0, 0.05) is 11.4 Å². The molecule has 1 amide bonds. The number of nitrogens with one attached hydrogen (secondary N) is 3. The molecule has 5 nitrogen and oxygen atoms in total. The average molecular weight is 521 g/mol. The maximum Gasteiger partial charge on any atom is 0.258 e. The highest BCUT2D eigenvalue weighted by Gasteiger charge is 2.11. The monoisotopic (exact) mass is 521 g/mol. The van der Waals surface area contributed by atoms with Gasteiger partial charge in [0.25, 0.3) is 5.91 Å². The molecule has 0 fully saturated rings. The van der Waals surface area contributed by atoms with Gasteiger partial charge in [-0.05, 0) is 83.3 Å². The van der Waals surface area contributed by atoms with Gasteiger partial charge in [0.2, 0.25) is 0 Å². The van der Waals surface area contributed by atoms with Crippen LogP contribution in [0.1, 0.15) is 10.4 Å². The highest BCUT2D eigenvalue weighted by atomic mass is 127. The third-order valence-corrected chi connectivity index (χ3v) is 4.99. The van der Waals surface area contributed by atoms with E-state index in [2.05, 4.69) is 38.5 Å². The van der Waals surface area contributed by atoms with Crippen molar-refractivity contribution in [3.8, 4) is 5.75 Å². The Morgan fingerprint density at radius 1 is 0.931 bits per heavy atom. The number of hydrogen-bond acceptors (Lipinski definition) is 3. The molecule has 0 saturated heterocycles. The molecule has 0 unspecified atom stereocenters. The number of thiocarbonyl (C=S) groups is 1. The second kappa shape index (κ2) is 9.66. The van der Waals surface area contributed by atoms with Crippen molar-refractivity contribution in [1.82, 2.24) is 0 Å². The van der Waals surface area contributed by atoms with Gasteiger partial charge in [0.05, 0.1) is 21.9 Å². The number of ether oxygens (including phenoxy) is 1. The summed E-state index contributed by atoms with van der Waals surface area (Å²) in [6.45, 7) is 0. The van der Waals surface area contributed by atoms with Crippen LogP contribution < -0.4 is 20.7 Å². The fourth-order valence-electron chi connectivity index (χ4n) is 2.58. The van der Waals surface area contributed by atoms with Crippen molar-refractivity contribution in [2.75, 3.05) is 23.1 Å². The number of carbonyl (C=O) groups excluding carboxylic acids is 1. The molecule has 0 radical (unpaired) electrons. The summed E-state index contributed by atoms with van der Waals surface area (Å²) in [7, 11) is 1.60. The highest BCUT2D eigenvalue weighted by molar-refractivity contribution is 14.1. The molecule has 0 aliphatic carbocycles. The first-order chi connectivity index (χ1) is 14.0. The Bertz CT molecular complexity index is 1040. The molecule has 0 atom stereocenters. The standard InChI is InChI=1S/C21H17FIN3O2S/c1-28-19-17(23)7-4-8-18(19)26-21(29)25-14-11-9-13(10-12-14)24-20(27)15-5-2-3-6-16(15)22/h2-12H,1H3,(H,24,27)(H2,25,26,29). The van der Waals surface area contributed by atoms with E-state index in [1.165, 1.54) is 18.2 Å². The first-order valence-electron chi connectivity index (χ1n) is 8.54. The molecular formula is C21H17FIN3O2S. The molecule has 3 rings (SSSR count). The van der Waals surface area contributed by atoms with E-state index in [-0.39, 0.29) is 5.56 Å². The van der Waals surface area contributed by atoms with E-state index >= 15 is 0 Å². The van der Waals surface area contributed by atoms with Crippen molar-refractivity contribution >= 4 is 62.9 Å². The van der Waals surface area contributed by atoms with E-state index in [1.54, 1.807) is 37.4 Å². The van der Waals surface area contributed by atoms with Crippen LogP contribution in [0.15, 0.2) is 66.7 Å². The molecule has 0 bridgehead atoms. The third-order valence-electron chi connectivity index (χ3n) is 3.94. The van der Waals surface area contributed by atoms with Crippen LogP contribution in [0.2, 0.25) is 0 Å². The maximum absolute atomic E-state index is 13.7. The van der Waals surface area contributed by atoms with E-state index in [0.29, 0.717) is 16.5 Å². The molecule has 8 heteroatoms. The summed E-state index contributed by atoms with van der Waals surface area (Å²) in [6.07, 6.45) is 0. The Hall–Kier alpha value is -2.72. The lowest BCUT2D eigenvalue weighted by molar-refractivity contribution is 0.102. The fourth-order valence-corrected chi connectivity index (χ4v) is 3.53. The van der Waals surface area contributed by atoms with Crippen molar-refractivity contribution in [2.24, 2.45) is 0 Å². The molecule has 0 spiro atoms. The summed E-state index contributed by atoms with van der Waals surface area (Å²) in [5, 5.41) is 9.24. The van der Waals surface area contributed by atoms with Crippen LogP contribution in [-0.4, -0.2) is 18.1 Å². The molecule has 3 aromatic rings. The molecule has 0 aliphatic heterocycles. The zero-order chi connectivity index (χ0) is 20.8. The van der Waals surface area contributed by atoms with Crippen molar-refractivity contribution in [1.29, 1.82) is 0 Å². The first-order valence-corrected chi connectivity index (χ1v) is 10.0. The zero-order valence-electron chi connectivity index (χ0n) is 15.3. The van der Waals surface area contributed by atoms with Gasteiger partial charge in [-0.2, -0.15) is 0 Å². The number of rotatable bonds is 5. The SMILES string of the molecule is COc1c(I)cccc1NC(=S)Nc1ccc(NC(=O)c2ccccc2F)cc1. The van der Waals surface area contributed by atoms with Crippen molar-refractivity contribution < 1.29 is 13.9 Å². The third kappa shape index (κ3) is 5.42. The molecular weight excluding hydrogens is 504 g/mol. The second-order valence-corrected chi connectivity index (χ2v) is 7.48. The van der Waals surface area contributed by atoms with Crippen LogP contribution in [0.25, 0.3) is 0 Å². The summed E-state index contributed by atoms with van der Waals surface area (Å²) >= 11 is 7.55. The van der Waals surface area contributed by atoms with Crippen LogP contribution in [0, 0.1) is 9.39 Å². The summed E-state index contributed by atoms with van der Waals surface area (Å²) in [4.78, 5) is 12.2. The molecule has 29 heavy (non-hydrogen) atoms. The minimum Gasteiger partial charge on any atom is -0.493 e. The molecule has 0 aromatic heterocycles. The van der Waals surface area contributed by atoms with Crippen LogP contribution in [-0.2, 0) is 0 Å². The van der Waals surface area contributed by atoms with Gasteiger partial charge in [-0.15, -0.1) is 0 Å². The van der Waals surface area contributed by atoms with Crippen LogP contribution >= 0.6 is 34.8 Å². The van der Waals surface area contributed by atoms with Gasteiger partial charge >= 0.3 is 0 Å². The van der Waals surface area contributed by atoms with Gasteiger partial charge < -0.3 is 20.7 Å². The summed E-state index contributed by atoms with van der Waals surface area (Å²) in [5.74, 6) is -0.360. The Morgan fingerprint density at radius 3 is 2.24 bits per heavy atom. The molecule has 0 heterocycles. The molecule has 148 valence electrons. The van der Waals surface area contributed by atoms with Gasteiger partial charge in [0.15, 0.2) is 10.9 Å². The lowest BCUT2D eigenvalue weighted by Gasteiger charge is -2.14. The number of para-hydroxylation sites is 1. The van der Waals surface area contributed by atoms with Crippen LogP contribution in [0.4, 0.5) is 21.5 Å². The van der Waals surface area contributed by atoms with Gasteiger partial charge in [-0.1, -0.05) is 18.2 Å². The highest BCUT2D eigenvalue weighted by Crippen LogP contribution is 2.29. The predicted octanol–water partition coefficient (Wildman–Crippen LogP) is 5.50. The number of benzene rings is 3. The second-order valence-electron chi connectivity index (χ2n) is 5.91. The van der Waals surface area contributed by atoms with E-state index in [4.69, 9.17) is 17.0 Å². The van der Waals surface area contributed by atoms with E-state index < -0.39 is 11.7 Å². The van der Waals surface area contributed by atoms with Crippen molar-refractivity contribution in [2.45, 2.75) is 0 Å². The predicted molar refractivity (Wildman–Crippen MR) is 126 cm³/mol. The summed E-state index contributed by atoms with van der Waals surface area (Å²) in [5.41, 5.74) is 2.02. The average Bonchev–Trinajstić information content (AvgIpc) is 2.70. The Labute approximate surface area is 186 Å². The Balaban J connectivity index is 1.62. The van der Waals surface area contributed by atoms with E-state index in [1.807, 2.05) is 18.2 Å². The number of methoxy groups -OCH3 is 1. The van der Waals surface area contributed by atoms with Crippen molar-refractivity contribution in [3.05, 3.63) is 81.7 Å². The van der Waals surface area contributed by atoms with E-state index in [0.717, 1.165) is 14.9 Å². The van der Waals surface area contributed by atoms with Crippen LogP contribution in [0.5, 0.6) is 5.75 Å².